The van der Waals surface area contributed by atoms with Crippen LogP contribution in [0, 0.1) is 5.41 Å². The molecule has 2 aromatic rings. The monoisotopic (exact) mass is 521 g/mol. The lowest BCUT2D eigenvalue weighted by Gasteiger charge is -2.36. The molecule has 2 atom stereocenters. The van der Waals surface area contributed by atoms with E-state index >= 15 is 0 Å². The second kappa shape index (κ2) is 11.3. The Hall–Kier alpha value is -2.07. The van der Waals surface area contributed by atoms with Gasteiger partial charge in [-0.1, -0.05) is 44.9 Å². The first kappa shape index (κ1) is 27.5. The van der Waals surface area contributed by atoms with Crippen molar-refractivity contribution in [3.05, 3.63) is 42.5 Å². The van der Waals surface area contributed by atoms with Gasteiger partial charge in [0.25, 0.3) is 0 Å². The average molecular weight is 522 g/mol. The van der Waals surface area contributed by atoms with E-state index in [4.69, 9.17) is 4.74 Å². The number of carbonyl (C=O) groups excluding carboxylic acids is 1. The first-order valence-corrected chi connectivity index (χ1v) is 14.7. The number of benzene rings is 2. The summed E-state index contributed by atoms with van der Waals surface area (Å²) in [6.45, 7) is 3.45. The fraction of sp³-hybridized carbons (Fsp3) is 0.500. The van der Waals surface area contributed by atoms with Crippen LogP contribution in [0.5, 0.6) is 5.75 Å². The van der Waals surface area contributed by atoms with Crippen molar-refractivity contribution >= 4 is 39.3 Å². The van der Waals surface area contributed by atoms with Crippen molar-refractivity contribution < 1.29 is 28.2 Å². The lowest BCUT2D eigenvalue weighted by atomic mass is 9.81. The minimum atomic E-state index is -3.69. The number of thioether (sulfide) groups is 1. The third-order valence-electron chi connectivity index (χ3n) is 6.71. The number of para-hydroxylation sites is 1. The molecule has 2 N–H and O–H groups in total. The summed E-state index contributed by atoms with van der Waals surface area (Å²) in [5.41, 5.74) is -0.975. The quantitative estimate of drug-likeness (QED) is 0.335. The molecule has 0 saturated heterocycles. The lowest BCUT2D eigenvalue weighted by Crippen LogP contribution is -2.41. The van der Waals surface area contributed by atoms with Crippen LogP contribution in [0.4, 0.5) is 11.4 Å². The Morgan fingerprint density at radius 2 is 1.94 bits per heavy atom. The SMILES string of the molecule is CCCC[C@]1(CC)CN(c2ccccc2)c2cc(SC)c(OC[C@@](O)(C=O)CO)cc2S(=O)(=O)C1. The predicted molar refractivity (Wildman–Crippen MR) is 140 cm³/mol. The highest BCUT2D eigenvalue weighted by Gasteiger charge is 2.42. The summed E-state index contributed by atoms with van der Waals surface area (Å²) in [4.78, 5) is 14.1. The van der Waals surface area contributed by atoms with Crippen molar-refractivity contribution in [2.24, 2.45) is 5.41 Å². The van der Waals surface area contributed by atoms with E-state index in [1.165, 1.54) is 17.8 Å². The van der Waals surface area contributed by atoms with Crippen LogP contribution < -0.4 is 9.64 Å². The molecule has 0 aliphatic carbocycles. The molecule has 0 spiro atoms. The minimum Gasteiger partial charge on any atom is -0.489 e. The van der Waals surface area contributed by atoms with Gasteiger partial charge in [-0.15, -0.1) is 11.8 Å². The van der Waals surface area contributed by atoms with Gasteiger partial charge in [0.1, 0.15) is 12.4 Å². The molecule has 0 fully saturated rings. The first-order chi connectivity index (χ1) is 16.7. The van der Waals surface area contributed by atoms with E-state index < -0.39 is 34.1 Å². The molecule has 1 aliphatic heterocycles. The zero-order chi connectivity index (χ0) is 25.7. The van der Waals surface area contributed by atoms with Crippen LogP contribution in [0.15, 0.2) is 52.3 Å². The van der Waals surface area contributed by atoms with Gasteiger partial charge in [0.05, 0.1) is 27.8 Å². The van der Waals surface area contributed by atoms with Gasteiger partial charge >= 0.3 is 0 Å². The third kappa shape index (κ3) is 6.02. The first-order valence-electron chi connectivity index (χ1n) is 11.9. The van der Waals surface area contributed by atoms with Gasteiger partial charge in [-0.2, -0.15) is 0 Å². The zero-order valence-electron chi connectivity index (χ0n) is 20.6. The summed E-state index contributed by atoms with van der Waals surface area (Å²) >= 11 is 1.38. The van der Waals surface area contributed by atoms with Crippen LogP contribution in [-0.2, 0) is 14.6 Å². The van der Waals surface area contributed by atoms with E-state index in [0.717, 1.165) is 31.4 Å². The molecule has 1 aliphatic rings. The second-order valence-corrected chi connectivity index (χ2v) is 12.1. The molecule has 192 valence electrons. The average Bonchev–Trinajstić information content (AvgIpc) is 2.98. The maximum Gasteiger partial charge on any atom is 0.181 e. The Balaban J connectivity index is 2.19. The van der Waals surface area contributed by atoms with E-state index in [1.54, 1.807) is 0 Å². The Morgan fingerprint density at radius 1 is 1.23 bits per heavy atom. The number of anilines is 2. The molecule has 0 radical (unpaired) electrons. The molecule has 3 rings (SSSR count). The van der Waals surface area contributed by atoms with Crippen molar-refractivity contribution in [1.82, 2.24) is 0 Å². The molecular weight excluding hydrogens is 486 g/mol. The van der Waals surface area contributed by atoms with E-state index in [1.807, 2.05) is 42.7 Å². The van der Waals surface area contributed by atoms with Crippen LogP contribution >= 0.6 is 11.8 Å². The maximum absolute atomic E-state index is 13.8. The molecule has 0 bridgehead atoms. The number of aliphatic hydroxyl groups excluding tert-OH is 1. The van der Waals surface area contributed by atoms with E-state index in [9.17, 15) is 23.4 Å². The number of rotatable bonds is 11. The third-order valence-corrected chi connectivity index (χ3v) is 9.46. The molecule has 0 aromatic heterocycles. The Morgan fingerprint density at radius 3 is 2.51 bits per heavy atom. The Bertz CT molecular complexity index is 1120. The normalized spacial score (nSPS) is 21.0. The second-order valence-electron chi connectivity index (χ2n) is 9.28. The van der Waals surface area contributed by atoms with E-state index in [2.05, 4.69) is 18.7 Å². The number of sulfone groups is 1. The fourth-order valence-corrected chi connectivity index (χ4v) is 7.19. The number of fused-ring (bicyclic) bond motifs is 1. The summed E-state index contributed by atoms with van der Waals surface area (Å²) in [5, 5.41) is 19.5. The number of aliphatic hydroxyl groups is 2. The van der Waals surface area contributed by atoms with Crippen LogP contribution in [0.25, 0.3) is 0 Å². The highest BCUT2D eigenvalue weighted by atomic mass is 32.2. The zero-order valence-corrected chi connectivity index (χ0v) is 22.2. The largest absolute Gasteiger partial charge is 0.489 e. The van der Waals surface area contributed by atoms with Crippen LogP contribution in [0.3, 0.4) is 0 Å². The number of aldehydes is 1. The maximum atomic E-state index is 13.8. The van der Waals surface area contributed by atoms with Crippen LogP contribution in [0.1, 0.15) is 39.5 Å². The molecule has 9 heteroatoms. The smallest absolute Gasteiger partial charge is 0.181 e. The molecule has 0 unspecified atom stereocenters. The number of nitrogens with zero attached hydrogens (tertiary/aromatic N) is 1. The van der Waals surface area contributed by atoms with Crippen molar-refractivity contribution in [1.29, 1.82) is 0 Å². The van der Waals surface area contributed by atoms with E-state index in [0.29, 0.717) is 17.1 Å². The summed E-state index contributed by atoms with van der Waals surface area (Å²) < 4.78 is 33.4. The van der Waals surface area contributed by atoms with Gasteiger partial charge in [0.2, 0.25) is 0 Å². The Kier molecular flexibility index (Phi) is 8.91. The topological polar surface area (TPSA) is 104 Å². The van der Waals surface area contributed by atoms with Crippen LogP contribution in [0.2, 0.25) is 0 Å². The number of unbranched alkanes of at least 4 members (excludes halogenated alkanes) is 1. The number of carbonyl (C=O) groups is 1. The van der Waals surface area contributed by atoms with Crippen molar-refractivity contribution in [2.75, 3.05) is 36.7 Å². The van der Waals surface area contributed by atoms with Gasteiger partial charge in [-0.05, 0) is 37.3 Å². The summed E-state index contributed by atoms with van der Waals surface area (Å²) in [7, 11) is -3.69. The molecular formula is C26H35NO6S2. The van der Waals surface area contributed by atoms with Crippen LogP contribution in [-0.4, -0.2) is 62.3 Å². The standard InChI is InChI=1S/C26H35NO6S2/c1-4-6-12-25(5-2)15-27(20-10-8-7-9-11-20)21-13-23(34-3)22(14-24(21)35(31,32)19-25)33-18-26(30,16-28)17-29/h7-11,13-14,16,29-30H,4-6,12,15,17-19H2,1-3H3/t25-,26-/m1/s1. The summed E-state index contributed by atoms with van der Waals surface area (Å²) in [5.74, 6) is 0.277. The molecule has 0 amide bonds. The highest BCUT2D eigenvalue weighted by molar-refractivity contribution is 7.98. The molecule has 1 heterocycles. The predicted octanol–water partition coefficient (Wildman–Crippen LogP) is 4.22. The lowest BCUT2D eigenvalue weighted by molar-refractivity contribution is -0.131. The summed E-state index contributed by atoms with van der Waals surface area (Å²) in [6, 6.07) is 13.1. The van der Waals surface area contributed by atoms with Crippen molar-refractivity contribution in [3.63, 3.8) is 0 Å². The number of ether oxygens (including phenoxy) is 1. The summed E-state index contributed by atoms with van der Waals surface area (Å²) in [6.07, 6.45) is 5.54. The highest BCUT2D eigenvalue weighted by Crippen LogP contribution is 2.47. The number of hydrogen-bond donors (Lipinski definition) is 2. The van der Waals surface area contributed by atoms with Gasteiger partial charge in [-0.25, -0.2) is 8.42 Å². The molecule has 0 saturated carbocycles. The van der Waals surface area contributed by atoms with Crippen molar-refractivity contribution in [2.45, 2.75) is 54.9 Å². The van der Waals surface area contributed by atoms with Gasteiger partial charge in [0, 0.05) is 23.7 Å². The van der Waals surface area contributed by atoms with Crippen molar-refractivity contribution in [3.8, 4) is 5.75 Å². The fourth-order valence-electron chi connectivity index (χ4n) is 4.46. The van der Waals surface area contributed by atoms with Gasteiger partial charge in [0.15, 0.2) is 21.7 Å². The minimum absolute atomic E-state index is 0.0276. The molecule has 7 nitrogen and oxygen atoms in total. The molecule has 35 heavy (non-hydrogen) atoms. The number of hydrogen-bond acceptors (Lipinski definition) is 8. The molecule has 2 aromatic carbocycles. The van der Waals surface area contributed by atoms with E-state index in [-0.39, 0.29) is 22.7 Å². The Labute approximate surface area is 212 Å². The van der Waals surface area contributed by atoms with Gasteiger partial charge < -0.3 is 19.8 Å². The van der Waals surface area contributed by atoms with Gasteiger partial charge in [-0.3, -0.25) is 4.79 Å².